The highest BCUT2D eigenvalue weighted by molar-refractivity contribution is 8.77. The van der Waals surface area contributed by atoms with Crippen molar-refractivity contribution in [3.05, 3.63) is 90.9 Å². The minimum atomic E-state index is -0.725. The number of nitrogens with zero attached hydrogens (tertiary/aromatic N) is 1. The van der Waals surface area contributed by atoms with Crippen molar-refractivity contribution in [3.8, 4) is 0 Å². The first-order chi connectivity index (χ1) is 18.9. The highest BCUT2D eigenvalue weighted by Gasteiger charge is 2.20. The summed E-state index contributed by atoms with van der Waals surface area (Å²) in [5, 5.41) is 16.4. The number of rotatable bonds is 22. The molecule has 3 N–H and O–H groups in total. The van der Waals surface area contributed by atoms with E-state index in [4.69, 9.17) is 0 Å². The summed E-state index contributed by atoms with van der Waals surface area (Å²) >= 11 is 0. The van der Waals surface area contributed by atoms with E-state index >= 15 is 0 Å². The predicted octanol–water partition coefficient (Wildman–Crippen LogP) is 7.86. The number of carbonyl (C=O) groups excluding carboxylic acids is 1. The molecule has 0 aromatic carbocycles. The largest absolute Gasteiger partial charge is 0.374 e. The van der Waals surface area contributed by atoms with E-state index in [0.29, 0.717) is 19.5 Å². The summed E-state index contributed by atoms with van der Waals surface area (Å²) in [6.45, 7) is 7.75. The number of aromatic nitrogens is 1. The van der Waals surface area contributed by atoms with Crippen molar-refractivity contribution >= 4 is 27.5 Å². The van der Waals surface area contributed by atoms with Crippen LogP contribution < -0.4 is 10.6 Å². The first-order valence-corrected chi connectivity index (χ1v) is 16.4. The smallest absolute Gasteiger partial charge is 0.220 e. The Hall–Kier alpha value is -2.06. The standard InChI is InChI=1S/C32H49N3O2S2/c1-4-5-6-7-8-9-10-11-12-13-14-15-16-17-18-19-20-23-30(36)34-25-26-38-39-32(2,3)28-35-31(37)29-22-21-24-33-27-29/h5-6,8-9,11-12,14-15,17-18,21-22,24,27,31,35,37H,4,7,10,13,16,19-20,23,25-26,28H2,1-3H3,(H,34,36)/b6-5-,9-8-,12-11-,15-14-,18-17-. The van der Waals surface area contributed by atoms with Crippen molar-refractivity contribution in [1.82, 2.24) is 15.6 Å². The van der Waals surface area contributed by atoms with E-state index < -0.39 is 6.23 Å². The zero-order valence-electron chi connectivity index (χ0n) is 24.1. The molecule has 7 heteroatoms. The minimum Gasteiger partial charge on any atom is -0.374 e. The van der Waals surface area contributed by atoms with Crippen LogP contribution in [0.1, 0.15) is 83.9 Å². The lowest BCUT2D eigenvalue weighted by Crippen LogP contribution is -2.34. The van der Waals surface area contributed by atoms with Gasteiger partial charge < -0.3 is 10.4 Å². The average molecular weight is 572 g/mol. The van der Waals surface area contributed by atoms with Crippen molar-refractivity contribution in [2.24, 2.45) is 0 Å². The Morgan fingerprint density at radius 3 is 2.21 bits per heavy atom. The van der Waals surface area contributed by atoms with Gasteiger partial charge in [0.2, 0.25) is 5.91 Å². The molecule has 0 aliphatic heterocycles. The van der Waals surface area contributed by atoms with Crippen LogP contribution in [0.5, 0.6) is 0 Å². The van der Waals surface area contributed by atoms with Gasteiger partial charge in [0.15, 0.2) is 0 Å². The second-order valence-electron chi connectivity index (χ2n) is 9.69. The molecule has 39 heavy (non-hydrogen) atoms. The average Bonchev–Trinajstić information content (AvgIpc) is 2.93. The van der Waals surface area contributed by atoms with Gasteiger partial charge in [-0.3, -0.25) is 15.1 Å². The van der Waals surface area contributed by atoms with Gasteiger partial charge in [0.05, 0.1) is 0 Å². The highest BCUT2D eigenvalue weighted by atomic mass is 33.1. The Morgan fingerprint density at radius 1 is 1.00 bits per heavy atom. The number of allylic oxidation sites excluding steroid dienone is 10. The molecular weight excluding hydrogens is 523 g/mol. The zero-order chi connectivity index (χ0) is 28.4. The number of unbranched alkanes of at least 4 members (excludes halogenated alkanes) is 1. The zero-order valence-corrected chi connectivity index (χ0v) is 25.7. The summed E-state index contributed by atoms with van der Waals surface area (Å²) in [5.41, 5.74) is 0.759. The Kier molecular flexibility index (Phi) is 21.3. The summed E-state index contributed by atoms with van der Waals surface area (Å²) in [6.07, 6.45) is 32.0. The fraction of sp³-hybridized carbons (Fsp3) is 0.500. The van der Waals surface area contributed by atoms with Gasteiger partial charge >= 0.3 is 0 Å². The van der Waals surface area contributed by atoms with Crippen LogP contribution in [0, 0.1) is 0 Å². The van der Waals surface area contributed by atoms with Crippen LogP contribution in [0.2, 0.25) is 0 Å². The van der Waals surface area contributed by atoms with Crippen LogP contribution in [-0.4, -0.2) is 39.6 Å². The summed E-state index contributed by atoms with van der Waals surface area (Å²) in [7, 11) is 3.50. The molecule has 0 saturated heterocycles. The number of nitrogens with one attached hydrogen (secondary N) is 2. The maximum Gasteiger partial charge on any atom is 0.220 e. The Bertz CT molecular complexity index is 896. The van der Waals surface area contributed by atoms with Crippen molar-refractivity contribution in [2.75, 3.05) is 18.8 Å². The first kappa shape index (κ1) is 35.0. The first-order valence-electron chi connectivity index (χ1n) is 14.1. The van der Waals surface area contributed by atoms with Crippen molar-refractivity contribution in [1.29, 1.82) is 0 Å². The normalized spacial score (nSPS) is 13.5. The van der Waals surface area contributed by atoms with Crippen LogP contribution in [0.4, 0.5) is 0 Å². The lowest BCUT2D eigenvalue weighted by molar-refractivity contribution is -0.121. The molecule has 5 nitrogen and oxygen atoms in total. The molecule has 0 radical (unpaired) electrons. The predicted molar refractivity (Wildman–Crippen MR) is 173 cm³/mol. The number of hydrogen-bond acceptors (Lipinski definition) is 6. The lowest BCUT2D eigenvalue weighted by atomic mass is 10.2. The SMILES string of the molecule is CC/C=C\C/C=C\C/C=C\C/C=C\C/C=C\CCCC(=O)NCCSSC(C)(C)CNC(O)c1cccnc1. The molecular formula is C32H49N3O2S2. The molecule has 0 bridgehead atoms. The third kappa shape index (κ3) is 21.4. The van der Waals surface area contributed by atoms with Crippen LogP contribution in [-0.2, 0) is 4.79 Å². The fourth-order valence-corrected chi connectivity index (χ4v) is 5.66. The summed E-state index contributed by atoms with van der Waals surface area (Å²) < 4.78 is -0.0565. The van der Waals surface area contributed by atoms with Crippen LogP contribution in [0.3, 0.4) is 0 Å². The Balaban J connectivity index is 1.98. The van der Waals surface area contributed by atoms with E-state index in [2.05, 4.69) is 97.1 Å². The molecule has 1 unspecified atom stereocenters. The van der Waals surface area contributed by atoms with Crippen molar-refractivity contribution < 1.29 is 9.90 Å². The van der Waals surface area contributed by atoms with Crippen LogP contribution >= 0.6 is 21.6 Å². The quantitative estimate of drug-likeness (QED) is 0.0569. The summed E-state index contributed by atoms with van der Waals surface area (Å²) in [6, 6.07) is 3.67. The molecule has 0 aliphatic carbocycles. The highest BCUT2D eigenvalue weighted by Crippen LogP contribution is 2.35. The minimum absolute atomic E-state index is 0.0565. The second-order valence-corrected chi connectivity index (χ2v) is 12.8. The van der Waals surface area contributed by atoms with Crippen molar-refractivity contribution in [2.45, 2.75) is 83.1 Å². The monoisotopic (exact) mass is 571 g/mol. The van der Waals surface area contributed by atoms with Gasteiger partial charge in [-0.1, -0.05) is 95.3 Å². The molecule has 1 aromatic heterocycles. The molecule has 1 heterocycles. The van der Waals surface area contributed by atoms with Gasteiger partial charge in [0.1, 0.15) is 6.23 Å². The maximum absolute atomic E-state index is 12.1. The molecule has 0 aliphatic rings. The van der Waals surface area contributed by atoms with Gasteiger partial charge in [0, 0.05) is 48.0 Å². The molecule has 1 aromatic rings. The molecule has 0 spiro atoms. The van der Waals surface area contributed by atoms with Crippen molar-refractivity contribution in [3.63, 3.8) is 0 Å². The number of aliphatic hydroxyl groups is 1. The topological polar surface area (TPSA) is 74.2 Å². The number of aliphatic hydroxyl groups excluding tert-OH is 1. The van der Waals surface area contributed by atoms with E-state index in [1.54, 1.807) is 34.0 Å². The summed E-state index contributed by atoms with van der Waals surface area (Å²) in [5.74, 6) is 0.966. The van der Waals surface area contributed by atoms with Crippen LogP contribution in [0.15, 0.2) is 85.3 Å². The molecule has 1 amide bonds. The lowest BCUT2D eigenvalue weighted by Gasteiger charge is -2.25. The third-order valence-electron chi connectivity index (χ3n) is 5.45. The number of carbonyl (C=O) groups is 1. The van der Waals surface area contributed by atoms with E-state index in [9.17, 15) is 9.90 Å². The molecule has 0 saturated carbocycles. The van der Waals surface area contributed by atoms with Gasteiger partial charge in [-0.15, -0.1) is 0 Å². The van der Waals surface area contributed by atoms with E-state index in [0.717, 1.165) is 56.3 Å². The van der Waals surface area contributed by atoms with Gasteiger partial charge in [-0.25, -0.2) is 0 Å². The van der Waals surface area contributed by atoms with E-state index in [1.165, 1.54) is 0 Å². The van der Waals surface area contributed by atoms with E-state index in [-0.39, 0.29) is 10.7 Å². The van der Waals surface area contributed by atoms with Gasteiger partial charge in [-0.2, -0.15) is 0 Å². The third-order valence-corrected chi connectivity index (χ3v) is 8.74. The maximum atomic E-state index is 12.1. The Labute approximate surface area is 245 Å². The fourth-order valence-electron chi connectivity index (χ4n) is 3.30. The molecule has 0 fully saturated rings. The number of pyridine rings is 1. The number of hydrogen-bond donors (Lipinski definition) is 3. The van der Waals surface area contributed by atoms with Crippen LogP contribution in [0.25, 0.3) is 0 Å². The van der Waals surface area contributed by atoms with Gasteiger partial charge in [-0.05, 0) is 64.9 Å². The van der Waals surface area contributed by atoms with Gasteiger partial charge in [0.25, 0.3) is 0 Å². The van der Waals surface area contributed by atoms with E-state index in [1.807, 2.05) is 12.1 Å². The Morgan fingerprint density at radius 2 is 1.62 bits per heavy atom. The molecule has 1 rings (SSSR count). The molecule has 216 valence electrons. The second kappa shape index (κ2) is 23.8. The molecule has 1 atom stereocenters. The number of amides is 1. The summed E-state index contributed by atoms with van der Waals surface area (Å²) in [4.78, 5) is 16.1.